The molecule has 0 aliphatic carbocycles. The summed E-state index contributed by atoms with van der Waals surface area (Å²) in [5, 5.41) is 2.73. The number of benzene rings is 3. The van der Waals surface area contributed by atoms with Gasteiger partial charge in [0, 0.05) is 80.6 Å². The number of halogens is 3. The monoisotopic (exact) mass is 844 g/mol. The van der Waals surface area contributed by atoms with E-state index in [2.05, 4.69) is 10.2 Å². The number of carbonyl (C=O) groups is 6. The Bertz CT molecular complexity index is 1870. The molecule has 14 nitrogen and oxygen atoms in total. The van der Waals surface area contributed by atoms with E-state index in [-0.39, 0.29) is 17.7 Å². The zero-order valence-electron chi connectivity index (χ0n) is 32.3. The molecule has 1 aliphatic rings. The molecule has 3 amide bonds. The van der Waals surface area contributed by atoms with Gasteiger partial charge in [0.05, 0.1) is 0 Å². The highest BCUT2D eigenvalue weighted by Crippen LogP contribution is 2.34. The van der Waals surface area contributed by atoms with Crippen molar-refractivity contribution in [3.05, 3.63) is 90.0 Å². The van der Waals surface area contributed by atoms with Gasteiger partial charge in [0.1, 0.15) is 12.7 Å². The molecule has 3 N–H and O–H groups in total. The normalized spacial score (nSPS) is 19.2. The van der Waals surface area contributed by atoms with Crippen LogP contribution < -0.4 is 20.9 Å². The van der Waals surface area contributed by atoms with Crippen LogP contribution in [0, 0.1) is 5.92 Å². The molecular weight excluding hydrogens is 798 g/mol. The molecule has 1 heterocycles. The number of anilines is 3. The number of carbonyl (C=O) groups excluding carboxylic acids is 6. The van der Waals surface area contributed by atoms with E-state index in [4.69, 9.17) is 47.9 Å². The van der Waals surface area contributed by atoms with Crippen LogP contribution in [-0.4, -0.2) is 97.8 Å². The van der Waals surface area contributed by atoms with E-state index in [1.165, 1.54) is 36.4 Å². The number of aryl methyl sites for hydroxylation is 1. The van der Waals surface area contributed by atoms with E-state index in [1.807, 2.05) is 24.3 Å². The lowest BCUT2D eigenvalue weighted by Gasteiger charge is -2.45. The zero-order valence-corrected chi connectivity index (χ0v) is 33.8. The Labute approximate surface area is 346 Å². The molecule has 1 fully saturated rings. The highest BCUT2D eigenvalue weighted by molar-refractivity contribution is 6.18. The van der Waals surface area contributed by atoms with Gasteiger partial charge < -0.3 is 34.9 Å². The minimum absolute atomic E-state index is 0.0507. The molecule has 1 unspecified atom stereocenters. The van der Waals surface area contributed by atoms with Crippen LogP contribution in [0.25, 0.3) is 0 Å². The maximum atomic E-state index is 16.6. The Hall–Kier alpha value is -5.25. The van der Waals surface area contributed by atoms with Gasteiger partial charge in [0.2, 0.25) is 11.8 Å². The highest BCUT2D eigenvalue weighted by Gasteiger charge is 2.53. The average molecular weight is 846 g/mol. The van der Waals surface area contributed by atoms with Crippen molar-refractivity contribution in [2.75, 3.05) is 46.6 Å². The quantitative estimate of drug-likeness (QED) is 0.0923. The predicted molar refractivity (Wildman–Crippen MR) is 215 cm³/mol. The first-order valence-electron chi connectivity index (χ1n) is 18.5. The van der Waals surface area contributed by atoms with Gasteiger partial charge in [-0.1, -0.05) is 30.3 Å². The summed E-state index contributed by atoms with van der Waals surface area (Å²) < 4.78 is 38.3. The summed E-state index contributed by atoms with van der Waals surface area (Å²) in [5.41, 5.74) is 8.16. The summed E-state index contributed by atoms with van der Waals surface area (Å²) in [6.07, 6.45) is -8.00. The van der Waals surface area contributed by atoms with Gasteiger partial charge in [0.15, 0.2) is 24.6 Å². The van der Waals surface area contributed by atoms with Gasteiger partial charge in [-0.15, -0.1) is 23.2 Å². The molecule has 0 spiro atoms. The van der Waals surface area contributed by atoms with Crippen LogP contribution in [0.4, 0.5) is 21.5 Å². The number of rotatable bonds is 19. The molecule has 0 saturated carbocycles. The molecule has 58 heavy (non-hydrogen) atoms. The van der Waals surface area contributed by atoms with E-state index >= 15 is 4.39 Å². The molecule has 1 aliphatic heterocycles. The van der Waals surface area contributed by atoms with Crippen LogP contribution in [0.5, 0.6) is 0 Å². The Morgan fingerprint density at radius 3 is 1.97 bits per heavy atom. The van der Waals surface area contributed by atoms with Crippen molar-refractivity contribution in [3.63, 3.8) is 0 Å². The number of alkyl halides is 3. The summed E-state index contributed by atoms with van der Waals surface area (Å²) in [7, 11) is 0. The summed E-state index contributed by atoms with van der Waals surface area (Å²) in [5.74, 6) is -4.13. The third-order valence-electron chi connectivity index (χ3n) is 9.19. The van der Waals surface area contributed by atoms with Crippen LogP contribution in [0.15, 0.2) is 78.9 Å². The number of esters is 3. The summed E-state index contributed by atoms with van der Waals surface area (Å²) in [6, 6.07) is 21.5. The third kappa shape index (κ3) is 12.9. The minimum atomic E-state index is -2.25. The summed E-state index contributed by atoms with van der Waals surface area (Å²) >= 11 is 11.9. The molecule has 0 bridgehead atoms. The number of ether oxygens (including phenoxy) is 4. The Morgan fingerprint density at radius 2 is 1.41 bits per heavy atom. The molecule has 0 aromatic heterocycles. The number of nitrogens with zero attached hydrogens (tertiary/aromatic N) is 2. The van der Waals surface area contributed by atoms with Gasteiger partial charge in [-0.25, -0.2) is 4.39 Å². The van der Waals surface area contributed by atoms with Crippen molar-refractivity contribution < 1.29 is 52.1 Å². The van der Waals surface area contributed by atoms with Gasteiger partial charge in [-0.2, -0.15) is 0 Å². The topological polar surface area (TPSA) is 184 Å². The second-order valence-corrected chi connectivity index (χ2v) is 14.2. The van der Waals surface area contributed by atoms with Crippen LogP contribution >= 0.6 is 23.2 Å². The molecule has 0 radical (unpaired) electrons. The summed E-state index contributed by atoms with van der Waals surface area (Å²) in [6.45, 7) is 4.01. The second kappa shape index (κ2) is 22.0. The number of nitrogens with two attached hydrogens (primary N) is 1. The van der Waals surface area contributed by atoms with E-state index < -0.39 is 78.9 Å². The van der Waals surface area contributed by atoms with E-state index in [1.54, 1.807) is 18.2 Å². The predicted octanol–water partition coefficient (Wildman–Crippen LogP) is 5.17. The fourth-order valence-electron chi connectivity index (χ4n) is 6.45. The largest absolute Gasteiger partial charge is 0.463 e. The van der Waals surface area contributed by atoms with Gasteiger partial charge in [-0.05, 0) is 66.9 Å². The lowest BCUT2D eigenvalue weighted by atomic mass is 9.95. The van der Waals surface area contributed by atoms with E-state index in [0.29, 0.717) is 43.4 Å². The van der Waals surface area contributed by atoms with Crippen LogP contribution in [-0.2, 0) is 49.3 Å². The van der Waals surface area contributed by atoms with E-state index in [0.717, 1.165) is 36.9 Å². The first-order valence-corrected chi connectivity index (χ1v) is 19.6. The molecule has 1 saturated heterocycles. The molecule has 3 aromatic rings. The van der Waals surface area contributed by atoms with Crippen LogP contribution in [0.1, 0.15) is 49.5 Å². The maximum absolute atomic E-state index is 16.6. The zero-order chi connectivity index (χ0) is 42.4. The van der Waals surface area contributed by atoms with E-state index in [9.17, 15) is 28.8 Å². The number of nitrogens with one attached hydrogen (secondary N) is 1. The highest BCUT2D eigenvalue weighted by atomic mass is 35.5. The number of primary amides is 1. The Kier molecular flexibility index (Phi) is 17.3. The van der Waals surface area contributed by atoms with Gasteiger partial charge in [0.25, 0.3) is 5.91 Å². The number of amides is 3. The summed E-state index contributed by atoms with van der Waals surface area (Å²) in [4.78, 5) is 78.6. The lowest BCUT2D eigenvalue weighted by molar-refractivity contribution is -0.233. The minimum Gasteiger partial charge on any atom is -0.463 e. The van der Waals surface area contributed by atoms with Crippen molar-refractivity contribution in [1.82, 2.24) is 0 Å². The lowest BCUT2D eigenvalue weighted by Crippen LogP contribution is -2.65. The van der Waals surface area contributed by atoms with Crippen molar-refractivity contribution >= 4 is 75.9 Å². The first-order chi connectivity index (χ1) is 27.7. The number of para-hydroxylation sites is 1. The van der Waals surface area contributed by atoms with Crippen LogP contribution in [0.3, 0.4) is 0 Å². The molecular formula is C41H47Cl2FN4O10. The fraction of sp³-hybridized carbons (Fsp3) is 0.415. The molecule has 312 valence electrons. The molecule has 3 aromatic carbocycles. The van der Waals surface area contributed by atoms with Crippen molar-refractivity contribution in [1.29, 1.82) is 0 Å². The molecule has 6 atom stereocenters. The molecule has 4 rings (SSSR count). The van der Waals surface area contributed by atoms with Crippen LogP contribution in [0.2, 0.25) is 0 Å². The fourth-order valence-corrected chi connectivity index (χ4v) is 6.86. The first kappa shape index (κ1) is 45.5. The van der Waals surface area contributed by atoms with Crippen molar-refractivity contribution in [2.24, 2.45) is 11.7 Å². The second-order valence-electron chi connectivity index (χ2n) is 13.5. The van der Waals surface area contributed by atoms with Gasteiger partial charge in [-0.3, -0.25) is 33.7 Å². The van der Waals surface area contributed by atoms with Crippen molar-refractivity contribution in [2.45, 2.75) is 70.7 Å². The smallest absolute Gasteiger partial charge is 0.303 e. The third-order valence-corrected chi connectivity index (χ3v) is 9.53. The Morgan fingerprint density at radius 1 is 0.810 bits per heavy atom. The SMILES string of the molecule is CC(=O)OC[C@H]1O[C@@H](N(C(=O)c2ccc(NC(=O)CC(CCc3ccc(N(CCCl)CCCl)cc3)C(N)=O)cc2)c2ccccc2)[C@H](F)[C@@H](OC(C)=O)[C@@H]1OC(C)=O. The van der Waals surface area contributed by atoms with Gasteiger partial charge >= 0.3 is 17.9 Å². The number of hydrogen-bond donors (Lipinski definition) is 2. The Balaban J connectivity index is 1.50. The maximum Gasteiger partial charge on any atom is 0.303 e. The average Bonchev–Trinajstić information content (AvgIpc) is 3.18. The standard InChI is InChI=1S/C41H47Cl2FN4O10/c1-25(49)55-24-34-37(56-26(2)50)38(57-27(3)51)36(44)41(58-34)48(33-7-5-4-6-8-33)40(54)29-13-15-31(16-14-29)46-35(52)23-30(39(45)53)12-9-28-10-17-32(18-11-28)47(21-19-42)22-20-43/h4-8,10-11,13-18,30,34,36-38,41H,9,12,19-24H2,1-3H3,(H2,45,53)(H,46,52)/t30?,34-,36-,37-,38-,41-/m1/s1. The number of hydrogen-bond acceptors (Lipinski definition) is 11. The van der Waals surface area contributed by atoms with Crippen molar-refractivity contribution in [3.8, 4) is 0 Å². The molecule has 17 heteroatoms.